The highest BCUT2D eigenvalue weighted by Gasteiger charge is 2.44. The molecule has 2 heterocycles. The number of amides is 1. The average Bonchev–Trinajstić information content (AvgIpc) is 2.67. The molecule has 0 aliphatic carbocycles. The van der Waals surface area contributed by atoms with Gasteiger partial charge in [-0.1, -0.05) is 0 Å². The van der Waals surface area contributed by atoms with Crippen LogP contribution in [0.2, 0.25) is 0 Å². The van der Waals surface area contributed by atoms with Gasteiger partial charge in [-0.05, 0) is 33.3 Å². The van der Waals surface area contributed by atoms with E-state index in [0.717, 1.165) is 5.69 Å². The lowest BCUT2D eigenvalue weighted by Gasteiger charge is -2.44. The monoisotopic (exact) mass is 276 g/mol. The predicted molar refractivity (Wildman–Crippen MR) is 72.7 cm³/mol. The summed E-state index contributed by atoms with van der Waals surface area (Å²) in [4.78, 5) is 13.4. The van der Waals surface area contributed by atoms with Crippen LogP contribution in [0.4, 0.5) is 4.79 Å². The van der Waals surface area contributed by atoms with E-state index in [1.54, 1.807) is 4.68 Å². The molecular weight excluding hydrogens is 256 g/mol. The van der Waals surface area contributed by atoms with E-state index in [9.17, 15) is 10.1 Å². The lowest BCUT2D eigenvalue weighted by Crippen LogP contribution is -2.59. The van der Waals surface area contributed by atoms with Gasteiger partial charge in [0.1, 0.15) is 11.6 Å². The Morgan fingerprint density at radius 1 is 1.60 bits per heavy atom. The van der Waals surface area contributed by atoms with Gasteiger partial charge in [-0.3, -0.25) is 9.58 Å². The summed E-state index contributed by atoms with van der Waals surface area (Å²) in [7, 11) is 1.86. The van der Waals surface area contributed by atoms with E-state index in [1.165, 1.54) is 4.90 Å². The number of hydrogen-bond acceptors (Lipinski definition) is 4. The second-order valence-corrected chi connectivity index (χ2v) is 6.15. The van der Waals surface area contributed by atoms with E-state index in [4.69, 9.17) is 4.74 Å². The minimum Gasteiger partial charge on any atom is -0.444 e. The van der Waals surface area contributed by atoms with Crippen LogP contribution in [-0.4, -0.2) is 39.0 Å². The Morgan fingerprint density at radius 2 is 2.30 bits per heavy atom. The van der Waals surface area contributed by atoms with Gasteiger partial charge in [-0.15, -0.1) is 0 Å². The number of carbonyl (C=O) groups is 1. The summed E-state index contributed by atoms with van der Waals surface area (Å²) < 4.78 is 7.03. The fraction of sp³-hybridized carbons (Fsp3) is 0.643. The molecule has 0 aromatic carbocycles. The van der Waals surface area contributed by atoms with Crippen molar-refractivity contribution in [1.82, 2.24) is 14.7 Å². The SMILES string of the molecule is Cn1ccc(CC2CN(C(=O)OC(C)(C)C)C2C#N)n1. The maximum Gasteiger partial charge on any atom is 0.411 e. The number of aryl methyl sites for hydroxylation is 1. The van der Waals surface area contributed by atoms with Gasteiger partial charge in [0.15, 0.2) is 0 Å². The molecule has 0 N–H and O–H groups in total. The summed E-state index contributed by atoms with van der Waals surface area (Å²) in [5.41, 5.74) is 0.407. The Kier molecular flexibility index (Phi) is 3.71. The summed E-state index contributed by atoms with van der Waals surface area (Å²) in [6, 6.07) is 3.70. The highest BCUT2D eigenvalue weighted by Crippen LogP contribution is 2.29. The van der Waals surface area contributed by atoms with Crippen LogP contribution in [0.25, 0.3) is 0 Å². The number of aromatic nitrogens is 2. The topological polar surface area (TPSA) is 71.2 Å². The third-order valence-corrected chi connectivity index (χ3v) is 3.21. The first-order chi connectivity index (χ1) is 9.30. The molecule has 0 bridgehead atoms. The number of nitriles is 1. The molecule has 20 heavy (non-hydrogen) atoms. The highest BCUT2D eigenvalue weighted by molar-refractivity contribution is 5.70. The Balaban J connectivity index is 1.94. The molecule has 1 saturated heterocycles. The molecule has 2 unspecified atom stereocenters. The number of carbonyl (C=O) groups excluding carboxylic acids is 1. The molecule has 2 atom stereocenters. The molecule has 1 aromatic rings. The van der Waals surface area contributed by atoms with Gasteiger partial charge >= 0.3 is 6.09 Å². The normalized spacial score (nSPS) is 22.1. The number of likely N-dealkylation sites (tertiary alicyclic amines) is 1. The van der Waals surface area contributed by atoms with Gasteiger partial charge in [0.2, 0.25) is 0 Å². The van der Waals surface area contributed by atoms with Crippen molar-refractivity contribution >= 4 is 6.09 Å². The van der Waals surface area contributed by atoms with Gasteiger partial charge < -0.3 is 4.74 Å². The van der Waals surface area contributed by atoms with Crippen molar-refractivity contribution in [3.05, 3.63) is 18.0 Å². The molecule has 0 radical (unpaired) electrons. The van der Waals surface area contributed by atoms with Crippen molar-refractivity contribution in [1.29, 1.82) is 5.26 Å². The molecule has 6 heteroatoms. The van der Waals surface area contributed by atoms with Crippen LogP contribution in [0.1, 0.15) is 26.5 Å². The van der Waals surface area contributed by atoms with Gasteiger partial charge in [0.25, 0.3) is 0 Å². The Hall–Kier alpha value is -2.03. The molecule has 108 valence electrons. The first kappa shape index (κ1) is 14.4. The van der Waals surface area contributed by atoms with E-state index < -0.39 is 17.7 Å². The summed E-state index contributed by atoms with van der Waals surface area (Å²) >= 11 is 0. The van der Waals surface area contributed by atoms with Gasteiger partial charge in [-0.25, -0.2) is 4.79 Å². The lowest BCUT2D eigenvalue weighted by atomic mass is 9.86. The fourth-order valence-electron chi connectivity index (χ4n) is 2.28. The van der Waals surface area contributed by atoms with E-state index >= 15 is 0 Å². The van der Waals surface area contributed by atoms with Crippen LogP contribution >= 0.6 is 0 Å². The first-order valence-electron chi connectivity index (χ1n) is 6.68. The number of hydrogen-bond donors (Lipinski definition) is 0. The van der Waals surface area contributed by atoms with Gasteiger partial charge in [0.05, 0.1) is 11.8 Å². The van der Waals surface area contributed by atoms with E-state index in [0.29, 0.717) is 13.0 Å². The third kappa shape index (κ3) is 3.10. The van der Waals surface area contributed by atoms with Crippen molar-refractivity contribution < 1.29 is 9.53 Å². The Morgan fingerprint density at radius 3 is 2.80 bits per heavy atom. The van der Waals surface area contributed by atoms with Crippen LogP contribution in [-0.2, 0) is 18.2 Å². The van der Waals surface area contributed by atoms with Crippen LogP contribution in [0.15, 0.2) is 12.3 Å². The van der Waals surface area contributed by atoms with E-state index in [-0.39, 0.29) is 5.92 Å². The fourth-order valence-corrected chi connectivity index (χ4v) is 2.28. The molecular formula is C14H20N4O2. The summed E-state index contributed by atoms with van der Waals surface area (Å²) in [5.74, 6) is 0.127. The molecule has 1 fully saturated rings. The van der Waals surface area contributed by atoms with Gasteiger partial charge in [0, 0.05) is 25.7 Å². The van der Waals surface area contributed by atoms with Crippen LogP contribution in [0.3, 0.4) is 0 Å². The van der Waals surface area contributed by atoms with Crippen LogP contribution in [0.5, 0.6) is 0 Å². The maximum absolute atomic E-state index is 11.9. The third-order valence-electron chi connectivity index (χ3n) is 3.21. The predicted octanol–water partition coefficient (Wildman–Crippen LogP) is 1.72. The molecule has 1 amide bonds. The van der Waals surface area contributed by atoms with Crippen molar-refractivity contribution in [2.75, 3.05) is 6.54 Å². The summed E-state index contributed by atoms with van der Waals surface area (Å²) in [6.07, 6.45) is 2.17. The van der Waals surface area contributed by atoms with Gasteiger partial charge in [-0.2, -0.15) is 10.4 Å². The minimum absolute atomic E-state index is 0.127. The molecule has 2 rings (SSSR count). The Bertz CT molecular complexity index is 538. The van der Waals surface area contributed by atoms with E-state index in [1.807, 2.05) is 40.1 Å². The van der Waals surface area contributed by atoms with Crippen LogP contribution in [0, 0.1) is 17.2 Å². The lowest BCUT2D eigenvalue weighted by molar-refractivity contribution is -0.0159. The average molecular weight is 276 g/mol. The standard InChI is InChI=1S/C14H20N4O2/c1-14(2,3)20-13(19)18-9-10(12(18)8-15)7-11-5-6-17(4)16-11/h5-6,10,12H,7,9H2,1-4H3. The quantitative estimate of drug-likeness (QED) is 0.824. The maximum atomic E-state index is 11.9. The molecule has 1 aromatic heterocycles. The molecule has 0 spiro atoms. The van der Waals surface area contributed by atoms with E-state index in [2.05, 4.69) is 11.2 Å². The first-order valence-corrected chi connectivity index (χ1v) is 6.68. The summed E-state index contributed by atoms with van der Waals surface area (Å²) in [5, 5.41) is 13.5. The summed E-state index contributed by atoms with van der Waals surface area (Å²) in [6.45, 7) is 6.00. The highest BCUT2D eigenvalue weighted by atomic mass is 16.6. The zero-order valence-electron chi connectivity index (χ0n) is 12.3. The largest absolute Gasteiger partial charge is 0.444 e. The van der Waals surface area contributed by atoms with Crippen molar-refractivity contribution in [2.24, 2.45) is 13.0 Å². The number of ether oxygens (including phenoxy) is 1. The zero-order chi connectivity index (χ0) is 14.9. The van der Waals surface area contributed by atoms with Crippen molar-refractivity contribution in [3.63, 3.8) is 0 Å². The van der Waals surface area contributed by atoms with Crippen LogP contribution < -0.4 is 0 Å². The molecule has 6 nitrogen and oxygen atoms in total. The van der Waals surface area contributed by atoms with Crippen molar-refractivity contribution in [3.8, 4) is 6.07 Å². The molecule has 0 saturated carbocycles. The second-order valence-electron chi connectivity index (χ2n) is 6.15. The Labute approximate surface area is 118 Å². The number of nitrogens with zero attached hydrogens (tertiary/aromatic N) is 4. The zero-order valence-corrected chi connectivity index (χ0v) is 12.3. The smallest absolute Gasteiger partial charge is 0.411 e. The molecule has 1 aliphatic heterocycles. The van der Waals surface area contributed by atoms with Crippen molar-refractivity contribution in [2.45, 2.75) is 38.8 Å². The second kappa shape index (κ2) is 5.16. The molecule has 1 aliphatic rings. The number of rotatable bonds is 2. The minimum atomic E-state index is -0.539.